The average molecular weight is 352 g/mol. The molecule has 0 heterocycles. The molecular formula is C19H13FN2O4. The van der Waals surface area contributed by atoms with Crippen molar-refractivity contribution in [1.82, 2.24) is 0 Å². The third kappa shape index (κ3) is 4.02. The summed E-state index contributed by atoms with van der Waals surface area (Å²) in [7, 11) is 0. The molecule has 3 aromatic rings. The van der Waals surface area contributed by atoms with Gasteiger partial charge in [0.25, 0.3) is 5.91 Å². The van der Waals surface area contributed by atoms with E-state index in [0.717, 1.165) is 12.1 Å². The number of hydrogen-bond acceptors (Lipinski definition) is 4. The zero-order chi connectivity index (χ0) is 18.5. The normalized spacial score (nSPS) is 10.2. The van der Waals surface area contributed by atoms with E-state index in [0.29, 0.717) is 17.2 Å². The Balaban J connectivity index is 1.70. The van der Waals surface area contributed by atoms with Crippen molar-refractivity contribution >= 4 is 17.3 Å². The maximum atomic E-state index is 13.3. The van der Waals surface area contributed by atoms with Crippen LogP contribution in [0.3, 0.4) is 0 Å². The van der Waals surface area contributed by atoms with Crippen molar-refractivity contribution in [2.75, 3.05) is 5.32 Å². The van der Waals surface area contributed by atoms with Crippen LogP contribution in [0.25, 0.3) is 0 Å². The highest BCUT2D eigenvalue weighted by molar-refractivity contribution is 6.04. The summed E-state index contributed by atoms with van der Waals surface area (Å²) in [6.45, 7) is 0. The van der Waals surface area contributed by atoms with E-state index in [-0.39, 0.29) is 5.56 Å². The average Bonchev–Trinajstić information content (AvgIpc) is 2.64. The third-order valence-corrected chi connectivity index (χ3v) is 3.50. The smallest absolute Gasteiger partial charge is 0.305 e. The first-order chi connectivity index (χ1) is 12.5. The minimum absolute atomic E-state index is 0.0114. The summed E-state index contributed by atoms with van der Waals surface area (Å²) in [5.74, 6) is -0.298. The quantitative estimate of drug-likeness (QED) is 0.529. The van der Waals surface area contributed by atoms with Crippen LogP contribution in [-0.4, -0.2) is 10.8 Å². The van der Waals surface area contributed by atoms with Crippen molar-refractivity contribution < 1.29 is 18.8 Å². The van der Waals surface area contributed by atoms with Crippen molar-refractivity contribution in [2.45, 2.75) is 0 Å². The van der Waals surface area contributed by atoms with E-state index in [1.54, 1.807) is 24.3 Å². The van der Waals surface area contributed by atoms with Crippen LogP contribution in [0.15, 0.2) is 72.8 Å². The maximum Gasteiger partial charge on any atom is 0.305 e. The fourth-order valence-corrected chi connectivity index (χ4v) is 2.23. The van der Waals surface area contributed by atoms with Crippen LogP contribution < -0.4 is 10.1 Å². The molecule has 3 aromatic carbocycles. The first-order valence-electron chi connectivity index (χ1n) is 7.61. The second-order valence-electron chi connectivity index (χ2n) is 5.32. The Bertz CT molecular complexity index is 944. The van der Waals surface area contributed by atoms with E-state index in [4.69, 9.17) is 4.74 Å². The Kier molecular flexibility index (Phi) is 4.89. The molecule has 0 bridgehead atoms. The van der Waals surface area contributed by atoms with Crippen LogP contribution in [0, 0.1) is 15.9 Å². The number of nitro groups is 1. The molecule has 1 amide bonds. The van der Waals surface area contributed by atoms with E-state index in [1.807, 2.05) is 30.3 Å². The lowest BCUT2D eigenvalue weighted by molar-refractivity contribution is -0.387. The highest BCUT2D eigenvalue weighted by Crippen LogP contribution is 2.23. The Morgan fingerprint density at radius 2 is 1.62 bits per heavy atom. The molecular weight excluding hydrogens is 339 g/mol. The third-order valence-electron chi connectivity index (χ3n) is 3.50. The van der Waals surface area contributed by atoms with Gasteiger partial charge in [-0.25, -0.2) is 0 Å². The summed E-state index contributed by atoms with van der Waals surface area (Å²) in [5.41, 5.74) is -0.283. The number of rotatable bonds is 5. The molecule has 0 aliphatic heterocycles. The van der Waals surface area contributed by atoms with Crippen LogP contribution in [0.2, 0.25) is 0 Å². The molecule has 0 aliphatic carbocycles. The zero-order valence-electron chi connectivity index (χ0n) is 13.4. The Hall–Kier alpha value is -3.74. The number of benzene rings is 3. The highest BCUT2D eigenvalue weighted by atomic mass is 19.1. The second kappa shape index (κ2) is 7.43. The number of nitrogens with zero attached hydrogens (tertiary/aromatic N) is 1. The number of para-hydroxylation sites is 1. The molecule has 3 rings (SSSR count). The van der Waals surface area contributed by atoms with Gasteiger partial charge in [-0.15, -0.1) is 0 Å². The molecule has 26 heavy (non-hydrogen) atoms. The second-order valence-corrected chi connectivity index (χ2v) is 5.32. The van der Waals surface area contributed by atoms with E-state index in [1.165, 1.54) is 6.07 Å². The molecule has 0 saturated heterocycles. The molecule has 7 heteroatoms. The number of nitro benzene ring substituents is 1. The van der Waals surface area contributed by atoms with Gasteiger partial charge in [0.15, 0.2) is 0 Å². The fraction of sp³-hybridized carbons (Fsp3) is 0. The van der Waals surface area contributed by atoms with Crippen molar-refractivity contribution in [3.8, 4) is 11.5 Å². The molecule has 0 aromatic heterocycles. The van der Waals surface area contributed by atoms with Gasteiger partial charge < -0.3 is 10.1 Å². The van der Waals surface area contributed by atoms with Gasteiger partial charge in [-0.05, 0) is 48.5 Å². The first kappa shape index (κ1) is 17.1. The lowest BCUT2D eigenvalue weighted by Crippen LogP contribution is -2.12. The van der Waals surface area contributed by atoms with Gasteiger partial charge in [0.2, 0.25) is 5.82 Å². The molecule has 0 spiro atoms. The lowest BCUT2D eigenvalue weighted by atomic mass is 10.1. The number of carbonyl (C=O) groups is 1. The van der Waals surface area contributed by atoms with Crippen molar-refractivity contribution in [3.05, 3.63) is 94.3 Å². The van der Waals surface area contributed by atoms with Crippen molar-refractivity contribution in [3.63, 3.8) is 0 Å². The van der Waals surface area contributed by atoms with Crippen molar-refractivity contribution in [2.24, 2.45) is 0 Å². The molecule has 1 N–H and O–H groups in total. The molecule has 6 nitrogen and oxygen atoms in total. The SMILES string of the molecule is O=C(Nc1ccc(Oc2ccccc2)cc1)c1ccc(F)c([N+](=O)[O-])c1. The fourth-order valence-electron chi connectivity index (χ4n) is 2.23. The van der Waals surface area contributed by atoms with Gasteiger partial charge in [0, 0.05) is 17.3 Å². The lowest BCUT2D eigenvalue weighted by Gasteiger charge is -2.08. The van der Waals surface area contributed by atoms with Crippen LogP contribution in [0.5, 0.6) is 11.5 Å². The Morgan fingerprint density at radius 3 is 2.27 bits per heavy atom. The first-order valence-corrected chi connectivity index (χ1v) is 7.61. The Labute approximate surface area is 148 Å². The monoisotopic (exact) mass is 352 g/mol. The summed E-state index contributed by atoms with van der Waals surface area (Å²) < 4.78 is 19.0. The maximum absolute atomic E-state index is 13.3. The van der Waals surface area contributed by atoms with Crippen molar-refractivity contribution in [1.29, 1.82) is 0 Å². The van der Waals surface area contributed by atoms with Gasteiger partial charge in [0.1, 0.15) is 11.5 Å². The summed E-state index contributed by atoms with van der Waals surface area (Å²) in [6, 6.07) is 18.8. The van der Waals surface area contributed by atoms with Crippen LogP contribution in [-0.2, 0) is 0 Å². The van der Waals surface area contributed by atoms with Gasteiger partial charge in [0.05, 0.1) is 4.92 Å². The number of anilines is 1. The summed E-state index contributed by atoms with van der Waals surface area (Å²) in [4.78, 5) is 22.1. The zero-order valence-corrected chi connectivity index (χ0v) is 13.4. The van der Waals surface area contributed by atoms with Gasteiger partial charge >= 0.3 is 5.69 Å². The van der Waals surface area contributed by atoms with E-state index in [9.17, 15) is 19.3 Å². The molecule has 0 atom stereocenters. The largest absolute Gasteiger partial charge is 0.457 e. The molecule has 130 valence electrons. The van der Waals surface area contributed by atoms with E-state index >= 15 is 0 Å². The topological polar surface area (TPSA) is 81.5 Å². The molecule has 0 fully saturated rings. The highest BCUT2D eigenvalue weighted by Gasteiger charge is 2.17. The van der Waals surface area contributed by atoms with Gasteiger partial charge in [-0.3, -0.25) is 14.9 Å². The number of nitrogens with one attached hydrogen (secondary N) is 1. The summed E-state index contributed by atoms with van der Waals surface area (Å²) in [6.07, 6.45) is 0. The standard InChI is InChI=1S/C19H13FN2O4/c20-17-11-6-13(12-18(17)22(24)25)19(23)21-14-7-9-16(10-8-14)26-15-4-2-1-3-5-15/h1-12H,(H,21,23). The Morgan fingerprint density at radius 1 is 0.962 bits per heavy atom. The van der Waals surface area contributed by atoms with Crippen LogP contribution in [0.1, 0.15) is 10.4 Å². The van der Waals surface area contributed by atoms with Gasteiger partial charge in [-0.2, -0.15) is 4.39 Å². The number of halogens is 1. The van der Waals surface area contributed by atoms with Crippen LogP contribution >= 0.6 is 0 Å². The number of hydrogen-bond donors (Lipinski definition) is 1. The van der Waals surface area contributed by atoms with Crippen LogP contribution in [0.4, 0.5) is 15.8 Å². The predicted molar refractivity (Wildman–Crippen MR) is 94.0 cm³/mol. The van der Waals surface area contributed by atoms with E-state index in [2.05, 4.69) is 5.32 Å². The number of ether oxygens (including phenoxy) is 1. The summed E-state index contributed by atoms with van der Waals surface area (Å²) in [5, 5.41) is 13.4. The number of amides is 1. The molecule has 0 radical (unpaired) electrons. The molecule has 0 aliphatic rings. The predicted octanol–water partition coefficient (Wildman–Crippen LogP) is 4.78. The number of carbonyl (C=O) groups excluding carboxylic acids is 1. The minimum Gasteiger partial charge on any atom is -0.457 e. The minimum atomic E-state index is -0.992. The molecule has 0 saturated carbocycles. The van der Waals surface area contributed by atoms with E-state index < -0.39 is 22.3 Å². The summed E-state index contributed by atoms with van der Waals surface area (Å²) >= 11 is 0. The van der Waals surface area contributed by atoms with Gasteiger partial charge in [-0.1, -0.05) is 18.2 Å². The molecule has 0 unspecified atom stereocenters.